The normalized spacial score (nSPS) is 21.4. The molecule has 5 nitrogen and oxygen atoms in total. The molecular weight excluding hydrogens is 214 g/mol. The Morgan fingerprint density at radius 3 is 2.41 bits per heavy atom. The largest absolute Gasteiger partial charge is 0.366 e. The van der Waals surface area contributed by atoms with Crippen molar-refractivity contribution in [3.8, 4) is 0 Å². The van der Waals surface area contributed by atoms with Crippen molar-refractivity contribution in [2.45, 2.75) is 46.1 Å². The van der Waals surface area contributed by atoms with Crippen LogP contribution in [-0.2, 0) is 0 Å². The monoisotopic (exact) mass is 235 g/mol. The molecule has 0 amide bonds. The molecule has 0 saturated heterocycles. The standard InChI is InChI=1S/C12H21N5/c1-7(2)9-10(14-6-15-11(9)17-13)16-8-5-12(8,3)4/h6-8H,5,13H2,1-4H3,(H2,14,15,16,17). The van der Waals surface area contributed by atoms with E-state index in [1.165, 1.54) is 6.42 Å². The summed E-state index contributed by atoms with van der Waals surface area (Å²) in [4.78, 5) is 8.49. The van der Waals surface area contributed by atoms with Gasteiger partial charge in [-0.3, -0.25) is 0 Å². The third kappa shape index (κ3) is 2.34. The summed E-state index contributed by atoms with van der Waals surface area (Å²) >= 11 is 0. The molecule has 17 heavy (non-hydrogen) atoms. The smallest absolute Gasteiger partial charge is 0.148 e. The second-order valence-corrected chi connectivity index (χ2v) is 5.67. The summed E-state index contributed by atoms with van der Waals surface area (Å²) < 4.78 is 0. The van der Waals surface area contributed by atoms with E-state index < -0.39 is 0 Å². The van der Waals surface area contributed by atoms with Crippen molar-refractivity contribution in [2.75, 3.05) is 10.7 Å². The Labute approximate surface area is 102 Å². The van der Waals surface area contributed by atoms with Gasteiger partial charge in [-0.25, -0.2) is 15.8 Å². The van der Waals surface area contributed by atoms with Gasteiger partial charge in [0.25, 0.3) is 0 Å². The first kappa shape index (κ1) is 12.1. The van der Waals surface area contributed by atoms with Gasteiger partial charge >= 0.3 is 0 Å². The van der Waals surface area contributed by atoms with Gasteiger partial charge in [0.15, 0.2) is 0 Å². The van der Waals surface area contributed by atoms with Gasteiger partial charge < -0.3 is 10.7 Å². The first-order valence-electron chi connectivity index (χ1n) is 6.03. The highest BCUT2D eigenvalue weighted by molar-refractivity contribution is 5.59. The topological polar surface area (TPSA) is 75.9 Å². The fourth-order valence-electron chi connectivity index (χ4n) is 2.05. The van der Waals surface area contributed by atoms with Gasteiger partial charge in [0.2, 0.25) is 0 Å². The van der Waals surface area contributed by atoms with Crippen LogP contribution in [0.4, 0.5) is 11.6 Å². The number of nitrogens with one attached hydrogen (secondary N) is 2. The minimum absolute atomic E-state index is 0.326. The van der Waals surface area contributed by atoms with Gasteiger partial charge in [-0.05, 0) is 17.8 Å². The highest BCUT2D eigenvalue weighted by atomic mass is 15.3. The van der Waals surface area contributed by atoms with Crippen LogP contribution in [0.25, 0.3) is 0 Å². The maximum absolute atomic E-state index is 5.49. The van der Waals surface area contributed by atoms with Gasteiger partial charge in [0.05, 0.1) is 0 Å². The molecule has 1 aromatic heterocycles. The Morgan fingerprint density at radius 1 is 1.35 bits per heavy atom. The average molecular weight is 235 g/mol. The summed E-state index contributed by atoms with van der Waals surface area (Å²) in [5.74, 6) is 7.42. The van der Waals surface area contributed by atoms with E-state index in [0.29, 0.717) is 23.2 Å². The van der Waals surface area contributed by atoms with E-state index >= 15 is 0 Å². The molecule has 0 aliphatic heterocycles. The van der Waals surface area contributed by atoms with Crippen LogP contribution in [0.1, 0.15) is 45.6 Å². The molecule has 0 radical (unpaired) electrons. The van der Waals surface area contributed by atoms with Gasteiger partial charge in [0, 0.05) is 11.6 Å². The van der Waals surface area contributed by atoms with Crippen molar-refractivity contribution in [3.63, 3.8) is 0 Å². The lowest BCUT2D eigenvalue weighted by atomic mass is 10.0. The predicted octanol–water partition coefficient (Wildman–Crippen LogP) is 2.10. The van der Waals surface area contributed by atoms with Gasteiger partial charge in [-0.15, -0.1) is 0 Å². The number of hydrazine groups is 1. The van der Waals surface area contributed by atoms with Crippen molar-refractivity contribution < 1.29 is 0 Å². The lowest BCUT2D eigenvalue weighted by Crippen LogP contribution is -2.17. The first-order valence-corrected chi connectivity index (χ1v) is 6.03. The van der Waals surface area contributed by atoms with E-state index in [2.05, 4.69) is 48.4 Å². The molecule has 1 heterocycles. The van der Waals surface area contributed by atoms with Crippen molar-refractivity contribution in [2.24, 2.45) is 11.3 Å². The molecule has 1 unspecified atom stereocenters. The lowest BCUT2D eigenvalue weighted by Gasteiger charge is -2.17. The quantitative estimate of drug-likeness (QED) is 0.550. The maximum atomic E-state index is 5.49. The molecule has 0 spiro atoms. The molecule has 1 aliphatic rings. The van der Waals surface area contributed by atoms with Gasteiger partial charge in [0.1, 0.15) is 18.0 Å². The zero-order valence-electron chi connectivity index (χ0n) is 10.9. The minimum atomic E-state index is 0.326. The highest BCUT2D eigenvalue weighted by Crippen LogP contribution is 2.47. The van der Waals surface area contributed by atoms with E-state index in [9.17, 15) is 0 Å². The van der Waals surface area contributed by atoms with Crippen molar-refractivity contribution >= 4 is 11.6 Å². The number of nitrogen functional groups attached to an aromatic ring is 1. The second-order valence-electron chi connectivity index (χ2n) is 5.67. The molecule has 5 heteroatoms. The molecule has 0 bridgehead atoms. The summed E-state index contributed by atoms with van der Waals surface area (Å²) in [5.41, 5.74) is 4.06. The first-order chi connectivity index (χ1) is 7.95. The molecule has 1 atom stereocenters. The van der Waals surface area contributed by atoms with Gasteiger partial charge in [-0.1, -0.05) is 27.7 Å². The number of hydrogen-bond acceptors (Lipinski definition) is 5. The minimum Gasteiger partial charge on any atom is -0.366 e. The SMILES string of the molecule is CC(C)c1c(NN)ncnc1NC1CC1(C)C. The third-order valence-electron chi connectivity index (χ3n) is 3.42. The Bertz CT molecular complexity index is 413. The summed E-state index contributed by atoms with van der Waals surface area (Å²) in [6.45, 7) is 8.73. The van der Waals surface area contributed by atoms with Crippen LogP contribution in [0.3, 0.4) is 0 Å². The average Bonchev–Trinajstić information content (AvgIpc) is 2.85. The van der Waals surface area contributed by atoms with E-state index in [4.69, 9.17) is 5.84 Å². The summed E-state index contributed by atoms with van der Waals surface area (Å²) in [7, 11) is 0. The molecular formula is C12H21N5. The molecule has 0 aromatic carbocycles. The number of nitrogens with zero attached hydrogens (tertiary/aromatic N) is 2. The Hall–Kier alpha value is -1.36. The van der Waals surface area contributed by atoms with Crippen LogP contribution in [-0.4, -0.2) is 16.0 Å². The summed E-state index contributed by atoms with van der Waals surface area (Å²) in [6, 6.07) is 0.500. The van der Waals surface area contributed by atoms with Crippen LogP contribution in [0.2, 0.25) is 0 Å². The molecule has 1 saturated carbocycles. The predicted molar refractivity (Wildman–Crippen MR) is 69.7 cm³/mol. The number of aromatic nitrogens is 2. The zero-order valence-corrected chi connectivity index (χ0v) is 10.9. The molecule has 1 aliphatic carbocycles. The molecule has 1 fully saturated rings. The fraction of sp³-hybridized carbons (Fsp3) is 0.667. The van der Waals surface area contributed by atoms with Crippen LogP contribution >= 0.6 is 0 Å². The Kier molecular flexibility index (Phi) is 2.95. The molecule has 4 N–H and O–H groups in total. The number of hydrogen-bond donors (Lipinski definition) is 3. The number of rotatable bonds is 4. The zero-order chi connectivity index (χ0) is 12.6. The number of anilines is 2. The summed E-state index contributed by atoms with van der Waals surface area (Å²) in [5, 5.41) is 3.48. The van der Waals surface area contributed by atoms with Crippen molar-refractivity contribution in [1.82, 2.24) is 9.97 Å². The van der Waals surface area contributed by atoms with E-state index in [0.717, 1.165) is 11.4 Å². The van der Waals surface area contributed by atoms with E-state index in [1.807, 2.05) is 0 Å². The lowest BCUT2D eigenvalue weighted by molar-refractivity contribution is 0.629. The molecule has 94 valence electrons. The fourth-order valence-corrected chi connectivity index (χ4v) is 2.05. The van der Waals surface area contributed by atoms with Crippen LogP contribution in [0.15, 0.2) is 6.33 Å². The van der Waals surface area contributed by atoms with Crippen LogP contribution in [0, 0.1) is 5.41 Å². The van der Waals surface area contributed by atoms with E-state index in [-0.39, 0.29) is 0 Å². The maximum Gasteiger partial charge on any atom is 0.148 e. The molecule has 1 aromatic rings. The van der Waals surface area contributed by atoms with Crippen molar-refractivity contribution in [3.05, 3.63) is 11.9 Å². The van der Waals surface area contributed by atoms with E-state index in [1.54, 1.807) is 6.33 Å². The molecule has 2 rings (SSSR count). The second kappa shape index (κ2) is 4.14. The Morgan fingerprint density at radius 2 is 1.94 bits per heavy atom. The van der Waals surface area contributed by atoms with Gasteiger partial charge in [-0.2, -0.15) is 0 Å². The highest BCUT2D eigenvalue weighted by Gasteiger charge is 2.46. The van der Waals surface area contributed by atoms with Crippen LogP contribution < -0.4 is 16.6 Å². The number of nitrogens with two attached hydrogens (primary N) is 1. The van der Waals surface area contributed by atoms with Crippen LogP contribution in [0.5, 0.6) is 0 Å². The van der Waals surface area contributed by atoms with Crippen molar-refractivity contribution in [1.29, 1.82) is 0 Å². The summed E-state index contributed by atoms with van der Waals surface area (Å²) in [6.07, 6.45) is 2.72. The Balaban J connectivity index is 2.27. The third-order valence-corrected chi connectivity index (χ3v) is 3.42.